The molecular weight excluding hydrogens is 512 g/mol. The molecule has 0 atom stereocenters. The number of aromatic nitrogens is 3. The van der Waals surface area contributed by atoms with Crippen LogP contribution in [-0.2, 0) is 16.1 Å². The van der Waals surface area contributed by atoms with E-state index < -0.39 is 0 Å². The van der Waals surface area contributed by atoms with Crippen molar-refractivity contribution >= 4 is 46.2 Å². The van der Waals surface area contributed by atoms with Gasteiger partial charge >= 0.3 is 0 Å². The van der Waals surface area contributed by atoms with Gasteiger partial charge in [0.2, 0.25) is 11.8 Å². The molecule has 2 N–H and O–H groups in total. The summed E-state index contributed by atoms with van der Waals surface area (Å²) >= 11 is 0.809. The van der Waals surface area contributed by atoms with Crippen LogP contribution in [0.15, 0.2) is 41.3 Å². The number of rotatable bonds is 10. The number of methoxy groups -OCH3 is 1. The van der Waals surface area contributed by atoms with E-state index in [1.807, 2.05) is 26.8 Å². The molecule has 0 unspecified atom stereocenters. The molecule has 208 valence electrons. The molecule has 9 nitrogen and oxygen atoms in total. The lowest BCUT2D eigenvalue weighted by atomic mass is 9.97. The summed E-state index contributed by atoms with van der Waals surface area (Å²) in [7, 11) is 3.07. The van der Waals surface area contributed by atoms with Crippen LogP contribution in [0.1, 0.15) is 43.6 Å². The Morgan fingerprint density at radius 3 is 2.59 bits per heavy atom. The maximum atomic E-state index is 12.1. The number of fused-ring (bicyclic) bond motifs is 1. The number of anilines is 1. The fraction of sp³-hybridized carbons (Fsp3) is 0.414. The van der Waals surface area contributed by atoms with Crippen molar-refractivity contribution in [1.82, 2.24) is 25.6 Å². The number of ether oxygens (including phenoxy) is 1. The minimum atomic E-state index is -0.348. The van der Waals surface area contributed by atoms with Gasteiger partial charge in [0.05, 0.1) is 23.2 Å². The van der Waals surface area contributed by atoms with Crippen LogP contribution in [0.25, 0.3) is 17.0 Å². The minimum Gasteiger partial charge on any atom is -0.481 e. The second-order valence-corrected chi connectivity index (χ2v) is 9.81. The largest absolute Gasteiger partial charge is 0.481 e. The highest BCUT2D eigenvalue weighted by Crippen LogP contribution is 2.25. The molecule has 10 heteroatoms. The van der Waals surface area contributed by atoms with Gasteiger partial charge in [0, 0.05) is 43.8 Å². The zero-order chi connectivity index (χ0) is 28.2. The van der Waals surface area contributed by atoms with E-state index in [4.69, 9.17) is 4.74 Å². The minimum absolute atomic E-state index is 0.256. The zero-order valence-corrected chi connectivity index (χ0v) is 24.2. The number of hydrogen-bond acceptors (Lipinski definition) is 9. The Morgan fingerprint density at radius 1 is 1.15 bits per heavy atom. The van der Waals surface area contributed by atoms with Crippen LogP contribution in [-0.4, -0.2) is 60.3 Å². The molecule has 1 aliphatic heterocycles. The zero-order valence-electron chi connectivity index (χ0n) is 23.4. The van der Waals surface area contributed by atoms with E-state index in [0.717, 1.165) is 62.0 Å². The third-order valence-electron chi connectivity index (χ3n) is 6.40. The summed E-state index contributed by atoms with van der Waals surface area (Å²) in [5, 5.41) is 7.38. The van der Waals surface area contributed by atoms with Crippen LogP contribution in [0.4, 0.5) is 5.95 Å². The van der Waals surface area contributed by atoms with Crippen LogP contribution in [0.5, 0.6) is 5.88 Å². The van der Waals surface area contributed by atoms with E-state index in [9.17, 15) is 9.59 Å². The predicted octanol–water partition coefficient (Wildman–Crippen LogP) is 4.38. The van der Waals surface area contributed by atoms with Gasteiger partial charge in [0.1, 0.15) is 0 Å². The number of hydrogen-bond donors (Lipinski definition) is 2. The van der Waals surface area contributed by atoms with Crippen molar-refractivity contribution in [3.8, 4) is 5.88 Å². The van der Waals surface area contributed by atoms with Gasteiger partial charge in [-0.1, -0.05) is 32.0 Å². The number of nitrogens with one attached hydrogen (secondary N) is 2. The van der Waals surface area contributed by atoms with Crippen molar-refractivity contribution in [1.29, 1.82) is 0 Å². The van der Waals surface area contributed by atoms with Crippen LogP contribution in [0, 0.1) is 12.8 Å². The Bertz CT molecular complexity index is 1290. The fourth-order valence-electron chi connectivity index (χ4n) is 4.50. The van der Waals surface area contributed by atoms with Crippen LogP contribution >= 0.6 is 11.8 Å². The Morgan fingerprint density at radius 2 is 1.90 bits per heavy atom. The standard InChI is InChI=1S/C27H32N6O3S.C2H6/c1-18-12-20(22-6-4-5-7-23(22)30-18)16-29-15-19-8-10-33(11-9-19)27-31-21(14-25(32-27)36-3)13-24(37-17-34)26(35)28-2;1-2/h4-7,12-14,17,19,29H,8-11,15-16H2,1-3H3,(H,28,35);1-2H3/b24-13-;. The maximum absolute atomic E-state index is 12.1. The Hall–Kier alpha value is -3.50. The smallest absolute Gasteiger partial charge is 0.257 e. The first-order chi connectivity index (χ1) is 19.0. The summed E-state index contributed by atoms with van der Waals surface area (Å²) in [5.74, 6) is 1.18. The fourth-order valence-corrected chi connectivity index (χ4v) is 5.00. The molecule has 0 spiro atoms. The summed E-state index contributed by atoms with van der Waals surface area (Å²) < 4.78 is 5.37. The first-order valence-electron chi connectivity index (χ1n) is 13.3. The van der Waals surface area contributed by atoms with E-state index in [1.54, 1.807) is 19.3 Å². The number of aryl methyl sites for hydroxylation is 1. The first-order valence-corrected chi connectivity index (χ1v) is 14.2. The summed E-state index contributed by atoms with van der Waals surface area (Å²) in [6.07, 6.45) is 3.60. The topological polar surface area (TPSA) is 109 Å². The van der Waals surface area contributed by atoms with Gasteiger partial charge in [0.25, 0.3) is 5.91 Å². The second kappa shape index (κ2) is 15.2. The van der Waals surface area contributed by atoms with Crippen LogP contribution < -0.4 is 20.3 Å². The molecule has 3 aromatic rings. The number of carbonyl (C=O) groups excluding carboxylic acids is 2. The molecule has 0 bridgehead atoms. The molecule has 4 rings (SSSR count). The molecule has 39 heavy (non-hydrogen) atoms. The molecule has 3 heterocycles. The SMILES string of the molecule is CC.CNC(=O)/C(=C/c1cc(OC)nc(N2CCC(CNCc3cc(C)nc4ccccc34)CC2)n1)SC=O. The molecular formula is C29H38N6O3S. The van der Waals surface area contributed by atoms with Gasteiger partial charge in [-0.25, -0.2) is 4.98 Å². The van der Waals surface area contributed by atoms with Gasteiger partial charge in [0.15, 0.2) is 5.62 Å². The van der Waals surface area contributed by atoms with E-state index in [-0.39, 0.29) is 10.8 Å². The number of likely N-dealkylation sites (N-methyl/N-ethyl adjacent to an activating group) is 1. The highest BCUT2D eigenvalue weighted by molar-refractivity contribution is 8.16. The Kier molecular flexibility index (Phi) is 11.7. The van der Waals surface area contributed by atoms with Crippen molar-refractivity contribution < 1.29 is 14.3 Å². The van der Waals surface area contributed by atoms with Crippen molar-refractivity contribution in [3.63, 3.8) is 0 Å². The lowest BCUT2D eigenvalue weighted by molar-refractivity contribution is -0.116. The van der Waals surface area contributed by atoms with Gasteiger partial charge in [-0.2, -0.15) is 4.98 Å². The summed E-state index contributed by atoms with van der Waals surface area (Å²) in [4.78, 5) is 39.3. The first kappa shape index (κ1) is 30.0. The lowest BCUT2D eigenvalue weighted by Gasteiger charge is -2.32. The van der Waals surface area contributed by atoms with E-state index in [0.29, 0.717) is 29.1 Å². The number of thioether (sulfide) groups is 1. The third kappa shape index (κ3) is 8.24. The van der Waals surface area contributed by atoms with E-state index in [2.05, 4.69) is 54.8 Å². The van der Waals surface area contributed by atoms with Crippen molar-refractivity contribution in [3.05, 3.63) is 58.3 Å². The van der Waals surface area contributed by atoms with Gasteiger partial charge in [-0.3, -0.25) is 14.6 Å². The Labute approximate surface area is 234 Å². The molecule has 1 fully saturated rings. The molecule has 1 aromatic carbocycles. The van der Waals surface area contributed by atoms with Gasteiger partial charge in [-0.05, 0) is 67.8 Å². The number of nitrogens with zero attached hydrogens (tertiary/aromatic N) is 4. The number of pyridine rings is 1. The lowest BCUT2D eigenvalue weighted by Crippen LogP contribution is -2.38. The number of benzene rings is 1. The maximum Gasteiger partial charge on any atom is 0.257 e. The van der Waals surface area contributed by atoms with Crippen molar-refractivity contribution in [2.45, 2.75) is 40.2 Å². The number of carbonyl (C=O) groups is 2. The Balaban J connectivity index is 0.00000205. The average molecular weight is 551 g/mol. The number of para-hydroxylation sites is 1. The third-order valence-corrected chi connectivity index (χ3v) is 7.05. The molecule has 1 aliphatic rings. The van der Waals surface area contributed by atoms with Crippen molar-refractivity contribution in [2.75, 3.05) is 38.7 Å². The monoisotopic (exact) mass is 550 g/mol. The molecule has 0 saturated carbocycles. The van der Waals surface area contributed by atoms with Crippen LogP contribution in [0.2, 0.25) is 0 Å². The van der Waals surface area contributed by atoms with Crippen LogP contribution in [0.3, 0.4) is 0 Å². The number of piperidine rings is 1. The summed E-state index contributed by atoms with van der Waals surface area (Å²) in [5.41, 5.74) is 4.47. The van der Waals surface area contributed by atoms with E-state index in [1.165, 1.54) is 18.0 Å². The molecule has 2 aromatic heterocycles. The van der Waals surface area contributed by atoms with Gasteiger partial charge < -0.3 is 20.3 Å². The quantitative estimate of drug-likeness (QED) is 0.281. The molecule has 1 saturated heterocycles. The van der Waals surface area contributed by atoms with Crippen molar-refractivity contribution in [2.24, 2.45) is 5.92 Å². The highest BCUT2D eigenvalue weighted by atomic mass is 32.2. The second-order valence-electron chi connectivity index (χ2n) is 8.94. The molecule has 0 aliphatic carbocycles. The number of amides is 1. The molecule has 0 radical (unpaired) electrons. The normalized spacial score (nSPS) is 14.0. The van der Waals surface area contributed by atoms with Gasteiger partial charge in [-0.15, -0.1) is 0 Å². The predicted molar refractivity (Wildman–Crippen MR) is 159 cm³/mol. The highest BCUT2D eigenvalue weighted by Gasteiger charge is 2.22. The summed E-state index contributed by atoms with van der Waals surface area (Å²) in [6, 6.07) is 12.1. The summed E-state index contributed by atoms with van der Waals surface area (Å²) in [6.45, 7) is 9.44. The van der Waals surface area contributed by atoms with E-state index >= 15 is 0 Å². The molecule has 1 amide bonds. The average Bonchev–Trinajstić information content (AvgIpc) is 2.97.